The highest BCUT2D eigenvalue weighted by molar-refractivity contribution is 9.11. The smallest absolute Gasteiger partial charge is 0.459 e. The van der Waals surface area contributed by atoms with E-state index in [1.165, 1.54) is 36.3 Å². The van der Waals surface area contributed by atoms with Crippen molar-refractivity contribution in [3.05, 3.63) is 108 Å². The van der Waals surface area contributed by atoms with Crippen molar-refractivity contribution < 1.29 is 37.9 Å². The van der Waals surface area contributed by atoms with Crippen LogP contribution in [0.5, 0.6) is 5.75 Å². The van der Waals surface area contributed by atoms with Crippen molar-refractivity contribution in [1.29, 1.82) is 0 Å². The molecule has 234 valence electrons. The van der Waals surface area contributed by atoms with Gasteiger partial charge in [0.1, 0.15) is 30.7 Å². The first-order chi connectivity index (χ1) is 21.0. The van der Waals surface area contributed by atoms with Gasteiger partial charge in [-0.05, 0) is 35.7 Å². The van der Waals surface area contributed by atoms with E-state index < -0.39 is 61.0 Å². The van der Waals surface area contributed by atoms with Crippen LogP contribution in [0.15, 0.2) is 75.4 Å². The van der Waals surface area contributed by atoms with Crippen LogP contribution in [-0.4, -0.2) is 50.4 Å². The molecule has 4 rings (SSSR count). The number of esters is 1. The Morgan fingerprint density at radius 2 is 1.98 bits per heavy atom. The number of hydrogen-bond donors (Lipinski definition) is 3. The zero-order valence-electron chi connectivity index (χ0n) is 23.1. The fraction of sp³-hybridized carbons (Fsp3) is 0.296. The van der Waals surface area contributed by atoms with Crippen molar-refractivity contribution in [2.75, 3.05) is 6.61 Å². The van der Waals surface area contributed by atoms with Gasteiger partial charge in [0.05, 0.1) is 23.2 Å². The molecule has 0 bridgehead atoms. The number of carbonyl (C=O) groups is 1. The molecule has 1 aromatic heterocycles. The zero-order valence-corrected chi connectivity index (χ0v) is 25.6. The van der Waals surface area contributed by atoms with Crippen LogP contribution in [0.1, 0.15) is 30.7 Å². The van der Waals surface area contributed by atoms with Crippen molar-refractivity contribution in [1.82, 2.24) is 14.6 Å². The number of halogens is 1. The van der Waals surface area contributed by atoms with Gasteiger partial charge in [0.25, 0.3) is 11.2 Å². The summed E-state index contributed by atoms with van der Waals surface area (Å²) in [5.41, 5.74) is -0.741. The Labute approximate surface area is 258 Å². The predicted molar refractivity (Wildman–Crippen MR) is 160 cm³/mol. The number of ether oxygens (including phenoxy) is 2. The topological polar surface area (TPSA) is 201 Å². The molecule has 1 saturated heterocycles. The molecule has 1 fully saturated rings. The molecule has 2 aromatic carbocycles. The maximum atomic E-state index is 13.9. The molecule has 44 heavy (non-hydrogen) atoms. The third kappa shape index (κ3) is 8.59. The number of aromatic amines is 1. The minimum absolute atomic E-state index is 0.0409. The number of aliphatic hydroxyl groups excluding tert-OH is 1. The Kier molecular flexibility index (Phi) is 11.0. The molecule has 5 atom stereocenters. The number of nitrogens with zero attached hydrogens (tertiary/aromatic N) is 2. The highest BCUT2D eigenvalue weighted by atomic mass is 79.9. The molecule has 3 aromatic rings. The van der Waals surface area contributed by atoms with Crippen molar-refractivity contribution in [3.63, 3.8) is 0 Å². The average Bonchev–Trinajstić information content (AvgIpc) is 3.37. The van der Waals surface area contributed by atoms with E-state index in [1.807, 2.05) is 6.07 Å². The van der Waals surface area contributed by atoms with Crippen molar-refractivity contribution in [2.24, 2.45) is 0 Å². The summed E-state index contributed by atoms with van der Waals surface area (Å²) in [6, 6.07) is 12.4. The van der Waals surface area contributed by atoms with E-state index in [4.69, 9.17) is 18.5 Å². The molecule has 1 aliphatic heterocycles. The van der Waals surface area contributed by atoms with E-state index in [0.717, 1.165) is 22.3 Å². The van der Waals surface area contributed by atoms with Gasteiger partial charge in [0.15, 0.2) is 0 Å². The van der Waals surface area contributed by atoms with E-state index in [2.05, 4.69) is 26.0 Å². The summed E-state index contributed by atoms with van der Waals surface area (Å²) in [4.78, 5) is 51.1. The van der Waals surface area contributed by atoms with Crippen molar-refractivity contribution >= 4 is 41.4 Å². The average molecular weight is 695 g/mol. The van der Waals surface area contributed by atoms with Crippen LogP contribution in [-0.2, 0) is 30.0 Å². The van der Waals surface area contributed by atoms with Crippen molar-refractivity contribution in [3.8, 4) is 5.75 Å². The molecular weight excluding hydrogens is 667 g/mol. The lowest BCUT2D eigenvalue weighted by Crippen LogP contribution is -2.36. The number of rotatable bonds is 13. The molecule has 17 heteroatoms. The number of carbonyl (C=O) groups excluding carboxylic acids is 1. The Morgan fingerprint density at radius 1 is 1.27 bits per heavy atom. The summed E-state index contributed by atoms with van der Waals surface area (Å²) in [5, 5.41) is 24.2. The van der Waals surface area contributed by atoms with Gasteiger partial charge in [-0.1, -0.05) is 46.3 Å². The molecule has 15 nitrogen and oxygen atoms in total. The van der Waals surface area contributed by atoms with Crippen molar-refractivity contribution in [2.45, 2.75) is 44.4 Å². The molecule has 0 saturated carbocycles. The number of nitrogens with one attached hydrogen (secondary N) is 2. The number of non-ortho nitro benzene ring substituents is 1. The van der Waals surface area contributed by atoms with E-state index in [9.17, 15) is 34.2 Å². The van der Waals surface area contributed by atoms with Crippen LogP contribution in [0.4, 0.5) is 5.69 Å². The van der Waals surface area contributed by atoms with Crippen LogP contribution >= 0.6 is 23.7 Å². The standard InChI is InChI=1S/C27H28BrN4O11P/c1-17(26(35)40-15-18-5-3-2-4-6-18)30-44(39,43-21-9-7-20(8-10-21)32(37)38)41-16-23-22(33)13-24(42-23)31-14-19(11-12-28)25(34)29-27(31)36/h2-12,14,17,22-24,33H,13,15-16H2,1H3,(H,30,39)(H,29,34,36)/t17-,22?,23+,24+,44?/m0/s1. The van der Waals surface area contributed by atoms with Gasteiger partial charge in [-0.25, -0.2) is 9.36 Å². The number of aromatic nitrogens is 2. The fourth-order valence-corrected chi connectivity index (χ4v) is 5.90. The fourth-order valence-electron chi connectivity index (χ4n) is 4.11. The normalized spacial score (nSPS) is 20.2. The molecule has 2 unspecified atom stereocenters. The Balaban J connectivity index is 1.48. The monoisotopic (exact) mass is 694 g/mol. The highest BCUT2D eigenvalue weighted by Gasteiger charge is 2.39. The number of nitro benzene ring substituents is 1. The summed E-state index contributed by atoms with van der Waals surface area (Å²) in [6.07, 6.45) is -0.669. The molecule has 2 heterocycles. The Morgan fingerprint density at radius 3 is 2.64 bits per heavy atom. The minimum atomic E-state index is -4.43. The molecule has 0 spiro atoms. The first-order valence-electron chi connectivity index (χ1n) is 13.1. The summed E-state index contributed by atoms with van der Waals surface area (Å²) < 4.78 is 37.2. The first kappa shape index (κ1) is 33.0. The van der Waals surface area contributed by atoms with Crippen LogP contribution < -0.4 is 20.9 Å². The van der Waals surface area contributed by atoms with Crippen LogP contribution in [0.25, 0.3) is 6.08 Å². The summed E-state index contributed by atoms with van der Waals surface area (Å²) >= 11 is 3.07. The van der Waals surface area contributed by atoms with Gasteiger partial charge in [-0.15, -0.1) is 0 Å². The molecule has 0 amide bonds. The maximum absolute atomic E-state index is 13.9. The summed E-state index contributed by atoms with van der Waals surface area (Å²) in [6.45, 7) is 0.814. The van der Waals surface area contributed by atoms with Crippen LogP contribution in [0.3, 0.4) is 0 Å². The van der Waals surface area contributed by atoms with E-state index >= 15 is 0 Å². The second kappa shape index (κ2) is 14.7. The van der Waals surface area contributed by atoms with Crippen LogP contribution in [0, 0.1) is 10.1 Å². The highest BCUT2D eigenvalue weighted by Crippen LogP contribution is 2.46. The molecule has 3 N–H and O–H groups in total. The van der Waals surface area contributed by atoms with Crippen LogP contribution in [0.2, 0.25) is 0 Å². The van der Waals surface area contributed by atoms with Gasteiger partial charge >= 0.3 is 19.4 Å². The Hall–Kier alpha value is -3.92. The second-order valence-electron chi connectivity index (χ2n) is 9.56. The summed E-state index contributed by atoms with van der Waals surface area (Å²) in [7, 11) is -4.43. The lowest BCUT2D eigenvalue weighted by atomic mass is 10.2. The number of benzene rings is 2. The predicted octanol–water partition coefficient (Wildman–Crippen LogP) is 3.38. The minimum Gasteiger partial charge on any atom is -0.460 e. The Bertz CT molecular complexity index is 1660. The SMILES string of the molecule is C[C@H](NP(=O)(OC[C@H]1O[C@@H](n2cc(C=CBr)c(=O)[nH]c2=O)CC1O)Oc1ccc([N+](=O)[O-])cc1)C(=O)OCc1ccccc1. The number of aliphatic hydroxyl groups is 1. The molecule has 1 aliphatic rings. The van der Waals surface area contributed by atoms with Gasteiger partial charge in [-0.2, -0.15) is 5.09 Å². The number of H-pyrrole nitrogens is 1. The summed E-state index contributed by atoms with van der Waals surface area (Å²) in [5.74, 6) is -0.845. The number of hydrogen-bond acceptors (Lipinski definition) is 11. The zero-order chi connectivity index (χ0) is 31.9. The van der Waals surface area contributed by atoms with Gasteiger partial charge < -0.3 is 19.1 Å². The van der Waals surface area contributed by atoms with E-state index in [-0.39, 0.29) is 30.0 Å². The molecule has 0 aliphatic carbocycles. The third-order valence-corrected chi connectivity index (χ3v) is 8.27. The van der Waals surface area contributed by atoms with Gasteiger partial charge in [-0.3, -0.25) is 33.8 Å². The lowest BCUT2D eigenvalue weighted by Gasteiger charge is -2.24. The van der Waals surface area contributed by atoms with E-state index in [1.54, 1.807) is 24.3 Å². The van der Waals surface area contributed by atoms with Gasteiger partial charge in [0.2, 0.25) is 0 Å². The second-order valence-corrected chi connectivity index (χ2v) is 11.8. The number of nitro groups is 1. The molecular formula is C27H28BrN4O11P. The first-order valence-corrected chi connectivity index (χ1v) is 15.6. The van der Waals surface area contributed by atoms with Gasteiger partial charge in [0, 0.05) is 24.8 Å². The maximum Gasteiger partial charge on any atom is 0.459 e. The molecule has 0 radical (unpaired) electrons. The lowest BCUT2D eigenvalue weighted by molar-refractivity contribution is -0.384. The quantitative estimate of drug-likeness (QED) is 0.102. The van der Waals surface area contributed by atoms with E-state index in [0.29, 0.717) is 0 Å². The third-order valence-electron chi connectivity index (χ3n) is 6.36. The largest absolute Gasteiger partial charge is 0.460 e.